The molecule has 0 unspecified atom stereocenters. The molecular formula is C12H13BrO4. The molecule has 0 heterocycles. The molecule has 0 saturated carbocycles. The average Bonchev–Trinajstić information content (AvgIpc) is 2.36. The highest BCUT2D eigenvalue weighted by molar-refractivity contribution is 9.10. The predicted molar refractivity (Wildman–Crippen MR) is 68.3 cm³/mol. The van der Waals surface area contributed by atoms with Gasteiger partial charge < -0.3 is 14.2 Å². The van der Waals surface area contributed by atoms with Crippen LogP contribution in [0.2, 0.25) is 0 Å². The Kier molecular flexibility index (Phi) is 5.03. The summed E-state index contributed by atoms with van der Waals surface area (Å²) in [7, 11) is 4.45. The number of hydrogen-bond acceptors (Lipinski definition) is 4. The lowest BCUT2D eigenvalue weighted by atomic mass is 10.2. The van der Waals surface area contributed by atoms with E-state index in [1.807, 2.05) is 0 Å². The van der Waals surface area contributed by atoms with Gasteiger partial charge in [0.25, 0.3) is 0 Å². The fourth-order valence-electron chi connectivity index (χ4n) is 1.22. The van der Waals surface area contributed by atoms with Gasteiger partial charge in [-0.3, -0.25) is 0 Å². The summed E-state index contributed by atoms with van der Waals surface area (Å²) in [5, 5.41) is 0. The number of esters is 1. The maximum absolute atomic E-state index is 11.0. The van der Waals surface area contributed by atoms with Gasteiger partial charge >= 0.3 is 5.97 Å². The second-order valence-electron chi connectivity index (χ2n) is 3.09. The standard InChI is InChI=1S/C12H13BrO4/c1-15-10-6-8(4-5-12(14)17-3)9(13)7-11(10)16-2/h4-7H,1-3H3. The number of ether oxygens (including phenoxy) is 3. The molecule has 0 N–H and O–H groups in total. The largest absolute Gasteiger partial charge is 0.493 e. The molecule has 0 atom stereocenters. The SMILES string of the molecule is COC(=O)C=Cc1cc(OC)c(OC)cc1Br. The van der Waals surface area contributed by atoms with Crippen molar-refractivity contribution in [3.8, 4) is 11.5 Å². The van der Waals surface area contributed by atoms with E-state index < -0.39 is 5.97 Å². The molecule has 0 aliphatic rings. The van der Waals surface area contributed by atoms with E-state index in [9.17, 15) is 4.79 Å². The summed E-state index contributed by atoms with van der Waals surface area (Å²) >= 11 is 3.38. The van der Waals surface area contributed by atoms with Gasteiger partial charge in [-0.05, 0) is 23.8 Å². The Balaban J connectivity index is 3.08. The van der Waals surface area contributed by atoms with Gasteiger partial charge in [-0.15, -0.1) is 0 Å². The van der Waals surface area contributed by atoms with E-state index >= 15 is 0 Å². The van der Waals surface area contributed by atoms with Crippen LogP contribution < -0.4 is 9.47 Å². The summed E-state index contributed by atoms with van der Waals surface area (Å²) < 4.78 is 15.6. The molecule has 4 nitrogen and oxygen atoms in total. The van der Waals surface area contributed by atoms with E-state index in [2.05, 4.69) is 20.7 Å². The lowest BCUT2D eigenvalue weighted by Crippen LogP contribution is -1.94. The number of hydrogen-bond donors (Lipinski definition) is 0. The molecule has 0 spiro atoms. The number of rotatable bonds is 4. The van der Waals surface area contributed by atoms with Crippen LogP contribution in [0.25, 0.3) is 6.08 Å². The zero-order valence-corrected chi connectivity index (χ0v) is 11.4. The first-order chi connectivity index (χ1) is 8.12. The molecule has 0 aliphatic carbocycles. The molecule has 1 aromatic rings. The molecule has 17 heavy (non-hydrogen) atoms. The topological polar surface area (TPSA) is 44.8 Å². The maximum Gasteiger partial charge on any atom is 0.330 e. The van der Waals surface area contributed by atoms with Crippen molar-refractivity contribution in [1.29, 1.82) is 0 Å². The van der Waals surface area contributed by atoms with Crippen LogP contribution in [-0.2, 0) is 9.53 Å². The third kappa shape index (κ3) is 3.49. The van der Waals surface area contributed by atoms with E-state index in [4.69, 9.17) is 9.47 Å². The summed E-state index contributed by atoms with van der Waals surface area (Å²) in [6.45, 7) is 0. The normalized spacial score (nSPS) is 10.4. The van der Waals surface area contributed by atoms with Crippen molar-refractivity contribution in [1.82, 2.24) is 0 Å². The summed E-state index contributed by atoms with van der Waals surface area (Å²) in [6, 6.07) is 3.54. The van der Waals surface area contributed by atoms with Crippen LogP contribution in [-0.4, -0.2) is 27.3 Å². The Bertz CT molecular complexity index is 440. The number of halogens is 1. The first-order valence-corrected chi connectivity index (χ1v) is 5.59. The summed E-state index contributed by atoms with van der Waals surface area (Å²) in [6.07, 6.45) is 2.98. The van der Waals surface area contributed by atoms with Gasteiger partial charge in [0.15, 0.2) is 11.5 Å². The van der Waals surface area contributed by atoms with E-state index in [1.54, 1.807) is 32.4 Å². The first kappa shape index (κ1) is 13.6. The van der Waals surface area contributed by atoms with Crippen LogP contribution in [0, 0.1) is 0 Å². The maximum atomic E-state index is 11.0. The predicted octanol–water partition coefficient (Wildman–Crippen LogP) is 2.65. The minimum atomic E-state index is -0.410. The van der Waals surface area contributed by atoms with Gasteiger partial charge in [0, 0.05) is 10.5 Å². The number of carbonyl (C=O) groups excluding carboxylic acids is 1. The smallest absolute Gasteiger partial charge is 0.330 e. The van der Waals surface area contributed by atoms with Crippen molar-refractivity contribution in [3.05, 3.63) is 28.2 Å². The van der Waals surface area contributed by atoms with E-state index in [1.165, 1.54) is 13.2 Å². The van der Waals surface area contributed by atoms with Crippen molar-refractivity contribution in [2.24, 2.45) is 0 Å². The summed E-state index contributed by atoms with van der Waals surface area (Å²) in [5.41, 5.74) is 0.799. The molecule has 5 heteroatoms. The fraction of sp³-hybridized carbons (Fsp3) is 0.250. The van der Waals surface area contributed by atoms with Crippen molar-refractivity contribution < 1.29 is 19.0 Å². The van der Waals surface area contributed by atoms with Crippen molar-refractivity contribution >= 4 is 28.0 Å². The van der Waals surface area contributed by atoms with Crippen LogP contribution in [0.3, 0.4) is 0 Å². The van der Waals surface area contributed by atoms with Crippen LogP contribution >= 0.6 is 15.9 Å². The van der Waals surface area contributed by atoms with Gasteiger partial charge in [0.05, 0.1) is 21.3 Å². The number of benzene rings is 1. The highest BCUT2D eigenvalue weighted by Crippen LogP contribution is 2.33. The Labute approximate surface area is 108 Å². The van der Waals surface area contributed by atoms with Gasteiger partial charge in [-0.25, -0.2) is 4.79 Å². The van der Waals surface area contributed by atoms with Crippen LogP contribution in [0.4, 0.5) is 0 Å². The Morgan fingerprint density at radius 2 is 1.76 bits per heavy atom. The second-order valence-corrected chi connectivity index (χ2v) is 3.94. The third-order valence-electron chi connectivity index (χ3n) is 2.10. The Morgan fingerprint density at radius 1 is 1.18 bits per heavy atom. The molecule has 92 valence electrons. The molecule has 0 aromatic heterocycles. The highest BCUT2D eigenvalue weighted by Gasteiger charge is 2.07. The second kappa shape index (κ2) is 6.30. The molecule has 0 aliphatic heterocycles. The minimum absolute atomic E-state index is 0.410. The van der Waals surface area contributed by atoms with Crippen LogP contribution in [0.15, 0.2) is 22.7 Å². The fourth-order valence-corrected chi connectivity index (χ4v) is 1.68. The molecule has 0 amide bonds. The molecule has 1 aromatic carbocycles. The zero-order chi connectivity index (χ0) is 12.8. The van der Waals surface area contributed by atoms with Gasteiger partial charge in [-0.1, -0.05) is 15.9 Å². The molecule has 0 saturated heterocycles. The molecule has 1 rings (SSSR count). The van der Waals surface area contributed by atoms with E-state index in [0.717, 1.165) is 10.0 Å². The lowest BCUT2D eigenvalue weighted by molar-refractivity contribution is -0.134. The van der Waals surface area contributed by atoms with Gasteiger partial charge in [-0.2, -0.15) is 0 Å². The summed E-state index contributed by atoms with van der Waals surface area (Å²) in [4.78, 5) is 11.0. The molecular weight excluding hydrogens is 288 g/mol. The molecule has 0 fully saturated rings. The van der Waals surface area contributed by atoms with Crippen molar-refractivity contribution in [2.45, 2.75) is 0 Å². The van der Waals surface area contributed by atoms with Crippen LogP contribution in [0.5, 0.6) is 11.5 Å². The third-order valence-corrected chi connectivity index (χ3v) is 2.79. The average molecular weight is 301 g/mol. The number of carbonyl (C=O) groups is 1. The summed E-state index contributed by atoms with van der Waals surface area (Å²) in [5.74, 6) is 0.807. The first-order valence-electron chi connectivity index (χ1n) is 4.80. The van der Waals surface area contributed by atoms with Gasteiger partial charge in [0.2, 0.25) is 0 Å². The quantitative estimate of drug-likeness (QED) is 0.633. The monoisotopic (exact) mass is 300 g/mol. The van der Waals surface area contributed by atoms with E-state index in [0.29, 0.717) is 11.5 Å². The molecule has 0 radical (unpaired) electrons. The lowest BCUT2D eigenvalue weighted by Gasteiger charge is -2.09. The van der Waals surface area contributed by atoms with E-state index in [-0.39, 0.29) is 0 Å². The minimum Gasteiger partial charge on any atom is -0.493 e. The van der Waals surface area contributed by atoms with Gasteiger partial charge in [0.1, 0.15) is 0 Å². The van der Waals surface area contributed by atoms with Crippen molar-refractivity contribution in [3.63, 3.8) is 0 Å². The van der Waals surface area contributed by atoms with Crippen molar-refractivity contribution in [2.75, 3.05) is 21.3 Å². The van der Waals surface area contributed by atoms with Crippen LogP contribution in [0.1, 0.15) is 5.56 Å². The Hall–Kier alpha value is -1.49. The number of methoxy groups -OCH3 is 3. The highest BCUT2D eigenvalue weighted by atomic mass is 79.9. The Morgan fingerprint density at radius 3 is 2.29 bits per heavy atom. The zero-order valence-electron chi connectivity index (χ0n) is 9.82. The molecule has 0 bridgehead atoms.